The molecule has 4 heteroatoms. The molecule has 1 aliphatic rings. The van der Waals surface area contributed by atoms with Crippen LogP contribution in [0.1, 0.15) is 35.2 Å². The van der Waals surface area contributed by atoms with Gasteiger partial charge in [0.05, 0.1) is 0 Å². The van der Waals surface area contributed by atoms with Crippen LogP contribution < -0.4 is 10.6 Å². The van der Waals surface area contributed by atoms with Gasteiger partial charge in [-0.25, -0.2) is 0 Å². The van der Waals surface area contributed by atoms with Crippen LogP contribution in [0.3, 0.4) is 0 Å². The Balaban J connectivity index is 1.67. The van der Waals surface area contributed by atoms with Gasteiger partial charge < -0.3 is 10.6 Å². The van der Waals surface area contributed by atoms with Crippen LogP contribution in [0.25, 0.3) is 0 Å². The van der Waals surface area contributed by atoms with Gasteiger partial charge in [0.15, 0.2) is 5.78 Å². The Morgan fingerprint density at radius 2 is 1.83 bits per heavy atom. The summed E-state index contributed by atoms with van der Waals surface area (Å²) in [5.74, 6) is -0.0622. The van der Waals surface area contributed by atoms with Gasteiger partial charge in [-0.05, 0) is 31.5 Å². The summed E-state index contributed by atoms with van der Waals surface area (Å²) < 4.78 is 0. The summed E-state index contributed by atoms with van der Waals surface area (Å²) in [5.41, 5.74) is 1.88. The maximum Gasteiger partial charge on any atom is 0.225 e. The molecule has 3 rings (SSSR count). The Morgan fingerprint density at radius 3 is 2.57 bits per heavy atom. The summed E-state index contributed by atoms with van der Waals surface area (Å²) in [6, 6.07) is 16.5. The van der Waals surface area contributed by atoms with Gasteiger partial charge in [-0.1, -0.05) is 42.5 Å². The van der Waals surface area contributed by atoms with Crippen LogP contribution in [0, 0.1) is 0 Å². The third-order valence-electron chi connectivity index (χ3n) is 4.04. The van der Waals surface area contributed by atoms with Crippen LogP contribution in [-0.2, 0) is 4.79 Å². The zero-order chi connectivity index (χ0) is 16.1. The Labute approximate surface area is 135 Å². The van der Waals surface area contributed by atoms with Gasteiger partial charge in [-0.2, -0.15) is 0 Å². The molecule has 1 unspecified atom stereocenters. The van der Waals surface area contributed by atoms with Gasteiger partial charge >= 0.3 is 0 Å². The number of rotatable bonds is 5. The minimum absolute atomic E-state index is 0.0197. The highest BCUT2D eigenvalue weighted by Gasteiger charge is 2.18. The van der Waals surface area contributed by atoms with Crippen molar-refractivity contribution < 1.29 is 9.59 Å². The zero-order valence-electron chi connectivity index (χ0n) is 12.9. The monoisotopic (exact) mass is 308 g/mol. The van der Waals surface area contributed by atoms with Gasteiger partial charge in [-0.15, -0.1) is 0 Å². The summed E-state index contributed by atoms with van der Waals surface area (Å²) in [7, 11) is 0. The second kappa shape index (κ2) is 7.20. The van der Waals surface area contributed by atoms with Crippen LogP contribution >= 0.6 is 0 Å². The normalized spacial score (nSPS) is 17.0. The number of anilines is 1. The molecule has 0 aromatic heterocycles. The third-order valence-corrected chi connectivity index (χ3v) is 4.04. The fraction of sp³-hybridized carbons (Fsp3) is 0.263. The highest BCUT2D eigenvalue weighted by Crippen LogP contribution is 2.16. The molecular weight excluding hydrogens is 288 g/mol. The van der Waals surface area contributed by atoms with Crippen LogP contribution in [0.2, 0.25) is 0 Å². The van der Waals surface area contributed by atoms with E-state index >= 15 is 0 Å². The topological polar surface area (TPSA) is 58.2 Å². The molecule has 118 valence electrons. The van der Waals surface area contributed by atoms with E-state index in [0.29, 0.717) is 23.2 Å². The van der Waals surface area contributed by atoms with Gasteiger partial charge in [0.1, 0.15) is 0 Å². The summed E-state index contributed by atoms with van der Waals surface area (Å²) in [6.45, 7) is 0.985. The Morgan fingerprint density at radius 1 is 1.04 bits per heavy atom. The van der Waals surface area contributed by atoms with E-state index in [1.165, 1.54) is 0 Å². The van der Waals surface area contributed by atoms with Crippen molar-refractivity contribution in [2.75, 3.05) is 11.9 Å². The summed E-state index contributed by atoms with van der Waals surface area (Å²) >= 11 is 0. The van der Waals surface area contributed by atoms with E-state index < -0.39 is 0 Å². The minimum Gasteiger partial charge on any atom is -0.326 e. The Hall–Kier alpha value is -2.46. The van der Waals surface area contributed by atoms with E-state index in [-0.39, 0.29) is 17.7 Å². The van der Waals surface area contributed by atoms with Crippen molar-refractivity contribution in [3.8, 4) is 0 Å². The molecule has 1 amide bonds. The molecule has 23 heavy (non-hydrogen) atoms. The number of amides is 1. The molecule has 2 aromatic carbocycles. The maximum atomic E-state index is 12.4. The van der Waals surface area contributed by atoms with E-state index in [0.717, 1.165) is 19.4 Å². The average molecular weight is 308 g/mol. The second-order valence-corrected chi connectivity index (χ2v) is 5.82. The number of carbonyl (C=O) groups excluding carboxylic acids is 2. The number of nitrogens with one attached hydrogen (secondary N) is 2. The van der Waals surface area contributed by atoms with Crippen LogP contribution in [-0.4, -0.2) is 24.3 Å². The number of ketones is 1. The number of benzene rings is 2. The molecule has 1 heterocycles. The molecule has 0 bridgehead atoms. The maximum absolute atomic E-state index is 12.4. The lowest BCUT2D eigenvalue weighted by atomic mass is 10.0. The molecule has 0 spiro atoms. The van der Waals surface area contributed by atoms with Gasteiger partial charge in [0, 0.05) is 29.3 Å². The highest BCUT2D eigenvalue weighted by atomic mass is 16.1. The standard InChI is InChI=1S/C19H20N2O2/c22-18(13-16-10-5-11-20-16)21-17-9-4-8-15(12-17)19(23)14-6-2-1-3-7-14/h1-4,6-9,12,16,20H,5,10-11,13H2,(H,21,22). The van der Waals surface area contributed by atoms with Gasteiger partial charge in [-0.3, -0.25) is 9.59 Å². The fourth-order valence-corrected chi connectivity index (χ4v) is 2.86. The second-order valence-electron chi connectivity index (χ2n) is 5.82. The first-order chi connectivity index (χ1) is 11.2. The van der Waals surface area contributed by atoms with Crippen molar-refractivity contribution in [1.82, 2.24) is 5.32 Å². The molecule has 2 aromatic rings. The van der Waals surface area contributed by atoms with E-state index in [2.05, 4.69) is 10.6 Å². The van der Waals surface area contributed by atoms with E-state index in [1.807, 2.05) is 24.3 Å². The average Bonchev–Trinajstić information content (AvgIpc) is 3.08. The zero-order valence-corrected chi connectivity index (χ0v) is 12.9. The number of carbonyl (C=O) groups is 2. The predicted molar refractivity (Wildman–Crippen MR) is 90.6 cm³/mol. The van der Waals surface area contributed by atoms with Crippen molar-refractivity contribution in [3.05, 3.63) is 65.7 Å². The van der Waals surface area contributed by atoms with Crippen LogP contribution in [0.4, 0.5) is 5.69 Å². The van der Waals surface area contributed by atoms with Gasteiger partial charge in [0.2, 0.25) is 5.91 Å². The molecule has 2 N–H and O–H groups in total. The first-order valence-electron chi connectivity index (χ1n) is 7.95. The van der Waals surface area contributed by atoms with E-state index in [4.69, 9.17) is 0 Å². The Kier molecular flexibility index (Phi) is 4.83. The SMILES string of the molecule is O=C(CC1CCCN1)Nc1cccc(C(=O)c2ccccc2)c1. The quantitative estimate of drug-likeness (QED) is 0.835. The summed E-state index contributed by atoms with van der Waals surface area (Å²) in [6.07, 6.45) is 2.63. The van der Waals surface area contributed by atoms with E-state index in [9.17, 15) is 9.59 Å². The molecule has 0 saturated carbocycles. The molecule has 4 nitrogen and oxygen atoms in total. The number of hydrogen-bond donors (Lipinski definition) is 2. The fourth-order valence-electron chi connectivity index (χ4n) is 2.86. The van der Waals surface area contributed by atoms with Crippen LogP contribution in [0.15, 0.2) is 54.6 Å². The predicted octanol–water partition coefficient (Wildman–Crippen LogP) is 3.00. The molecule has 1 atom stereocenters. The largest absolute Gasteiger partial charge is 0.326 e. The van der Waals surface area contributed by atoms with Crippen molar-refractivity contribution in [2.24, 2.45) is 0 Å². The lowest BCUT2D eigenvalue weighted by Crippen LogP contribution is -2.27. The Bertz CT molecular complexity index is 692. The molecule has 1 aliphatic heterocycles. The minimum atomic E-state index is -0.0424. The molecular formula is C19H20N2O2. The van der Waals surface area contributed by atoms with Gasteiger partial charge in [0.25, 0.3) is 0 Å². The molecule has 0 aliphatic carbocycles. The lowest BCUT2D eigenvalue weighted by molar-refractivity contribution is -0.116. The summed E-state index contributed by atoms with van der Waals surface area (Å²) in [5, 5.41) is 6.19. The molecule has 1 saturated heterocycles. The first kappa shape index (κ1) is 15.4. The summed E-state index contributed by atoms with van der Waals surface area (Å²) in [4.78, 5) is 24.5. The highest BCUT2D eigenvalue weighted by molar-refractivity contribution is 6.09. The van der Waals surface area contributed by atoms with Crippen molar-refractivity contribution in [1.29, 1.82) is 0 Å². The van der Waals surface area contributed by atoms with E-state index in [1.54, 1.807) is 30.3 Å². The molecule has 0 radical (unpaired) electrons. The smallest absolute Gasteiger partial charge is 0.225 e. The number of hydrogen-bond acceptors (Lipinski definition) is 3. The van der Waals surface area contributed by atoms with Crippen molar-refractivity contribution in [3.63, 3.8) is 0 Å². The van der Waals surface area contributed by atoms with Crippen molar-refractivity contribution in [2.45, 2.75) is 25.3 Å². The molecule has 1 fully saturated rings. The first-order valence-corrected chi connectivity index (χ1v) is 7.95. The lowest BCUT2D eigenvalue weighted by Gasteiger charge is -2.11. The third kappa shape index (κ3) is 4.05. The van der Waals surface area contributed by atoms with Crippen molar-refractivity contribution >= 4 is 17.4 Å². The van der Waals surface area contributed by atoms with Crippen LogP contribution in [0.5, 0.6) is 0 Å².